The van der Waals surface area contributed by atoms with Crippen molar-refractivity contribution < 1.29 is 9.84 Å². The highest BCUT2D eigenvalue weighted by Gasteiger charge is 2.37. The number of aliphatic hydroxyl groups is 1. The van der Waals surface area contributed by atoms with Gasteiger partial charge in [-0.3, -0.25) is 0 Å². The normalized spacial score (nSPS) is 15.4. The zero-order valence-electron chi connectivity index (χ0n) is 23.5. The minimum absolute atomic E-state index is 0.513. The van der Waals surface area contributed by atoms with Gasteiger partial charge < -0.3 is 9.84 Å². The molecule has 0 spiro atoms. The molecule has 6 rings (SSSR count). The average Bonchev–Trinajstić information content (AvgIpc) is 3.44. The van der Waals surface area contributed by atoms with Gasteiger partial charge >= 0.3 is 0 Å². The summed E-state index contributed by atoms with van der Waals surface area (Å²) in [5, 5.41) is 11.3. The van der Waals surface area contributed by atoms with Crippen LogP contribution in [0.25, 0.3) is 0 Å². The fourth-order valence-electron chi connectivity index (χ4n) is 6.46. The van der Waals surface area contributed by atoms with Crippen LogP contribution in [0.3, 0.4) is 0 Å². The SMILES string of the molecule is OC(CCCOC(c1ccccc1)(c1ccccc1)c1ccccc1)c1ccc2c(c1)C(Cc1ccccc1)CC2. The average molecular weight is 539 g/mol. The van der Waals surface area contributed by atoms with Gasteiger partial charge in [-0.15, -0.1) is 0 Å². The second-order valence-corrected chi connectivity index (χ2v) is 11.2. The standard InChI is InChI=1S/C39H38O2/c40-38(33-26-24-31-23-25-32(37(31)29-33)28-30-14-5-1-6-15-30)22-13-27-41-39(34-16-7-2-8-17-34,35-18-9-3-10-19-35)36-20-11-4-12-21-36/h1-12,14-21,24,26,29,32,38,40H,13,22-23,25,27-28H2. The maximum absolute atomic E-state index is 11.3. The van der Waals surface area contributed by atoms with Gasteiger partial charge in [-0.2, -0.15) is 0 Å². The summed E-state index contributed by atoms with van der Waals surface area (Å²) in [5.41, 5.74) is 7.81. The summed E-state index contributed by atoms with van der Waals surface area (Å²) in [4.78, 5) is 0. The van der Waals surface area contributed by atoms with Gasteiger partial charge in [0.1, 0.15) is 5.60 Å². The molecule has 0 saturated carbocycles. The summed E-state index contributed by atoms with van der Waals surface area (Å²) in [6.07, 6.45) is 4.25. The molecule has 0 radical (unpaired) electrons. The number of aryl methyl sites for hydroxylation is 1. The van der Waals surface area contributed by atoms with Crippen LogP contribution < -0.4 is 0 Å². The minimum Gasteiger partial charge on any atom is -0.388 e. The first-order valence-corrected chi connectivity index (χ1v) is 14.9. The smallest absolute Gasteiger partial charge is 0.143 e. The van der Waals surface area contributed by atoms with Crippen molar-refractivity contribution in [3.63, 3.8) is 0 Å². The summed E-state index contributed by atoms with van der Waals surface area (Å²) in [6, 6.07) is 48.8. The second kappa shape index (κ2) is 12.7. The molecule has 0 saturated heterocycles. The number of fused-ring (bicyclic) bond motifs is 1. The fourth-order valence-corrected chi connectivity index (χ4v) is 6.46. The van der Waals surface area contributed by atoms with Gasteiger partial charge in [0.15, 0.2) is 0 Å². The lowest BCUT2D eigenvalue weighted by Gasteiger charge is -2.36. The van der Waals surface area contributed by atoms with Crippen LogP contribution in [0.4, 0.5) is 0 Å². The van der Waals surface area contributed by atoms with Gasteiger partial charge in [-0.05, 0) is 77.0 Å². The molecule has 2 heteroatoms. The number of rotatable bonds is 11. The first-order chi connectivity index (χ1) is 20.2. The molecule has 0 amide bonds. The summed E-state index contributed by atoms with van der Waals surface area (Å²) in [7, 11) is 0. The predicted molar refractivity (Wildman–Crippen MR) is 167 cm³/mol. The van der Waals surface area contributed by atoms with Crippen molar-refractivity contribution in [3.8, 4) is 0 Å². The summed E-state index contributed by atoms with van der Waals surface area (Å²) < 4.78 is 6.92. The second-order valence-electron chi connectivity index (χ2n) is 11.2. The van der Waals surface area contributed by atoms with Crippen molar-refractivity contribution in [1.29, 1.82) is 0 Å². The molecule has 0 bridgehead atoms. The van der Waals surface area contributed by atoms with Crippen LogP contribution >= 0.6 is 0 Å². The van der Waals surface area contributed by atoms with Gasteiger partial charge in [-0.1, -0.05) is 140 Å². The Hall–Kier alpha value is -3.98. The third-order valence-electron chi connectivity index (χ3n) is 8.56. The van der Waals surface area contributed by atoms with Gasteiger partial charge in [0.05, 0.1) is 6.10 Å². The van der Waals surface area contributed by atoms with Crippen molar-refractivity contribution in [2.75, 3.05) is 6.61 Å². The van der Waals surface area contributed by atoms with E-state index in [1.54, 1.807) is 0 Å². The molecule has 41 heavy (non-hydrogen) atoms. The molecule has 206 valence electrons. The van der Waals surface area contributed by atoms with E-state index in [1.807, 2.05) is 18.2 Å². The van der Waals surface area contributed by atoms with E-state index < -0.39 is 11.7 Å². The van der Waals surface area contributed by atoms with Crippen molar-refractivity contribution in [1.82, 2.24) is 0 Å². The lowest BCUT2D eigenvalue weighted by Crippen LogP contribution is -2.33. The Morgan fingerprint density at radius 3 is 1.78 bits per heavy atom. The minimum atomic E-state index is -0.729. The monoisotopic (exact) mass is 538 g/mol. The highest BCUT2D eigenvalue weighted by Crippen LogP contribution is 2.41. The molecular formula is C39H38O2. The molecule has 1 N–H and O–H groups in total. The van der Waals surface area contributed by atoms with Crippen LogP contribution in [0.2, 0.25) is 0 Å². The van der Waals surface area contributed by atoms with E-state index in [4.69, 9.17) is 4.74 Å². The quantitative estimate of drug-likeness (QED) is 0.135. The molecule has 2 atom stereocenters. The summed E-state index contributed by atoms with van der Waals surface area (Å²) >= 11 is 0. The zero-order chi connectivity index (χ0) is 27.9. The molecule has 0 aromatic heterocycles. The molecule has 0 aliphatic heterocycles. The van der Waals surface area contributed by atoms with Crippen molar-refractivity contribution in [2.24, 2.45) is 0 Å². The van der Waals surface area contributed by atoms with Crippen molar-refractivity contribution in [2.45, 2.75) is 49.7 Å². The van der Waals surface area contributed by atoms with Crippen LogP contribution in [0.5, 0.6) is 0 Å². The number of benzene rings is 5. The van der Waals surface area contributed by atoms with Crippen LogP contribution in [-0.4, -0.2) is 11.7 Å². The maximum atomic E-state index is 11.3. The molecule has 0 fully saturated rings. The highest BCUT2D eigenvalue weighted by molar-refractivity contribution is 5.47. The largest absolute Gasteiger partial charge is 0.388 e. The van der Waals surface area contributed by atoms with Crippen molar-refractivity contribution in [3.05, 3.63) is 178 Å². The third kappa shape index (κ3) is 5.91. The summed E-state index contributed by atoms with van der Waals surface area (Å²) in [6.45, 7) is 0.525. The Bertz CT molecular complexity index is 1420. The maximum Gasteiger partial charge on any atom is 0.143 e. The van der Waals surface area contributed by atoms with Gasteiger partial charge in [0.25, 0.3) is 0 Å². The first kappa shape index (κ1) is 27.2. The summed E-state index contributed by atoms with van der Waals surface area (Å²) in [5.74, 6) is 0.520. The van der Waals surface area contributed by atoms with Crippen LogP contribution in [0.15, 0.2) is 140 Å². The Morgan fingerprint density at radius 1 is 0.683 bits per heavy atom. The Labute approximate surface area is 244 Å². The number of hydrogen-bond donors (Lipinski definition) is 1. The van der Waals surface area contributed by atoms with E-state index in [9.17, 15) is 5.11 Å². The highest BCUT2D eigenvalue weighted by atomic mass is 16.5. The Balaban J connectivity index is 1.18. The Morgan fingerprint density at radius 2 is 1.22 bits per heavy atom. The van der Waals surface area contributed by atoms with E-state index in [2.05, 4.69) is 121 Å². The third-order valence-corrected chi connectivity index (χ3v) is 8.56. The van der Waals surface area contributed by atoms with E-state index in [1.165, 1.54) is 23.1 Å². The molecule has 1 aliphatic carbocycles. The van der Waals surface area contributed by atoms with Crippen LogP contribution in [0.1, 0.15) is 70.2 Å². The lowest BCUT2D eigenvalue weighted by atomic mass is 9.80. The number of ether oxygens (including phenoxy) is 1. The van der Waals surface area contributed by atoms with E-state index >= 15 is 0 Å². The van der Waals surface area contributed by atoms with Gasteiger partial charge in [0.2, 0.25) is 0 Å². The fraction of sp³-hybridized carbons (Fsp3) is 0.231. The molecular weight excluding hydrogens is 500 g/mol. The number of hydrogen-bond acceptors (Lipinski definition) is 2. The topological polar surface area (TPSA) is 29.5 Å². The van der Waals surface area contributed by atoms with Crippen molar-refractivity contribution >= 4 is 0 Å². The molecule has 5 aromatic rings. The van der Waals surface area contributed by atoms with E-state index in [0.717, 1.165) is 41.5 Å². The molecule has 2 nitrogen and oxygen atoms in total. The molecule has 1 aliphatic rings. The van der Waals surface area contributed by atoms with Gasteiger partial charge in [0, 0.05) is 6.61 Å². The molecule has 2 unspecified atom stereocenters. The number of aliphatic hydroxyl groups excluding tert-OH is 1. The predicted octanol–water partition coefficient (Wildman–Crippen LogP) is 8.78. The first-order valence-electron chi connectivity index (χ1n) is 14.9. The molecule has 5 aromatic carbocycles. The zero-order valence-corrected chi connectivity index (χ0v) is 23.5. The molecule has 0 heterocycles. The lowest BCUT2D eigenvalue weighted by molar-refractivity contribution is 0.00588. The Kier molecular flexibility index (Phi) is 8.41. The van der Waals surface area contributed by atoms with Gasteiger partial charge in [-0.25, -0.2) is 0 Å². The van der Waals surface area contributed by atoms with E-state index in [0.29, 0.717) is 18.9 Å². The van der Waals surface area contributed by atoms with Crippen LogP contribution in [-0.2, 0) is 23.2 Å². The van der Waals surface area contributed by atoms with E-state index in [-0.39, 0.29) is 0 Å². The van der Waals surface area contributed by atoms with Crippen LogP contribution in [0, 0.1) is 0 Å².